The highest BCUT2D eigenvalue weighted by Crippen LogP contribution is 2.36. The van der Waals surface area contributed by atoms with E-state index in [1.807, 2.05) is 12.1 Å². The molecule has 1 unspecified atom stereocenters. The van der Waals surface area contributed by atoms with E-state index in [-0.39, 0.29) is 12.2 Å². The highest BCUT2D eigenvalue weighted by atomic mass is 79.9. The lowest BCUT2D eigenvalue weighted by Gasteiger charge is -2.16. The van der Waals surface area contributed by atoms with Crippen molar-refractivity contribution in [1.29, 1.82) is 0 Å². The molecule has 0 bridgehead atoms. The lowest BCUT2D eigenvalue weighted by Crippen LogP contribution is -2.21. The van der Waals surface area contributed by atoms with E-state index in [2.05, 4.69) is 47.8 Å². The minimum atomic E-state index is -0.942. The fourth-order valence-electron chi connectivity index (χ4n) is 1.74. The zero-order valence-electron chi connectivity index (χ0n) is 10.5. The SMILES string of the molecule is NC(COc1c(Br)cc(Br)cc1Br)c1cccc(F)c1F. The largest absolute Gasteiger partial charge is 0.489 e. The quantitative estimate of drug-likeness (QED) is 0.635. The number of rotatable bonds is 4. The molecule has 0 saturated heterocycles. The van der Waals surface area contributed by atoms with E-state index in [1.165, 1.54) is 12.1 Å². The van der Waals surface area contributed by atoms with Crippen LogP contribution in [0.1, 0.15) is 11.6 Å². The molecule has 2 nitrogen and oxygen atoms in total. The summed E-state index contributed by atoms with van der Waals surface area (Å²) in [5, 5.41) is 0. The van der Waals surface area contributed by atoms with Crippen molar-refractivity contribution in [2.75, 3.05) is 6.61 Å². The van der Waals surface area contributed by atoms with Crippen molar-refractivity contribution >= 4 is 47.8 Å². The standard InChI is InChI=1S/C14H10Br3F2NO/c15-7-4-9(16)14(10(17)5-7)21-6-12(20)8-2-1-3-11(18)13(8)19/h1-5,12H,6,20H2. The van der Waals surface area contributed by atoms with Crippen LogP contribution < -0.4 is 10.5 Å². The van der Waals surface area contributed by atoms with Crippen LogP contribution in [-0.4, -0.2) is 6.61 Å². The van der Waals surface area contributed by atoms with Gasteiger partial charge in [0.25, 0.3) is 0 Å². The Bertz CT molecular complexity index is 644. The van der Waals surface area contributed by atoms with E-state index >= 15 is 0 Å². The molecule has 0 saturated carbocycles. The van der Waals surface area contributed by atoms with Gasteiger partial charge in [-0.3, -0.25) is 0 Å². The molecule has 0 spiro atoms. The Morgan fingerprint density at radius 3 is 2.33 bits per heavy atom. The first kappa shape index (κ1) is 16.9. The van der Waals surface area contributed by atoms with Crippen LogP contribution in [0.3, 0.4) is 0 Å². The van der Waals surface area contributed by atoms with Gasteiger partial charge in [-0.2, -0.15) is 0 Å². The van der Waals surface area contributed by atoms with Crippen LogP contribution in [0.4, 0.5) is 8.78 Å². The molecule has 0 aliphatic carbocycles. The van der Waals surface area contributed by atoms with Crippen molar-refractivity contribution in [3.63, 3.8) is 0 Å². The maximum Gasteiger partial charge on any atom is 0.163 e. The second kappa shape index (κ2) is 7.17. The Kier molecular flexibility index (Phi) is 5.76. The summed E-state index contributed by atoms with van der Waals surface area (Å²) in [6, 6.07) is 6.76. The minimum Gasteiger partial charge on any atom is -0.489 e. The normalized spacial score (nSPS) is 12.3. The summed E-state index contributed by atoms with van der Waals surface area (Å²) in [7, 11) is 0. The average molecular weight is 486 g/mol. The van der Waals surface area contributed by atoms with Gasteiger partial charge in [-0.1, -0.05) is 28.1 Å². The summed E-state index contributed by atoms with van der Waals surface area (Å²) in [4.78, 5) is 0. The molecule has 2 aromatic carbocycles. The zero-order chi connectivity index (χ0) is 15.6. The van der Waals surface area contributed by atoms with Crippen molar-refractivity contribution < 1.29 is 13.5 Å². The van der Waals surface area contributed by atoms with Crippen LogP contribution in [0.2, 0.25) is 0 Å². The van der Waals surface area contributed by atoms with Crippen molar-refractivity contribution in [2.24, 2.45) is 5.73 Å². The van der Waals surface area contributed by atoms with Crippen molar-refractivity contribution in [3.8, 4) is 5.75 Å². The molecule has 2 rings (SSSR count). The highest BCUT2D eigenvalue weighted by molar-refractivity contribution is 9.11. The molecule has 0 aliphatic heterocycles. The molecule has 0 aliphatic rings. The van der Waals surface area contributed by atoms with Crippen molar-refractivity contribution in [2.45, 2.75) is 6.04 Å². The summed E-state index contributed by atoms with van der Waals surface area (Å²) in [5.74, 6) is -1.32. The molecule has 0 aromatic heterocycles. The molecule has 2 N–H and O–H groups in total. The van der Waals surface area contributed by atoms with Gasteiger partial charge in [0.05, 0.1) is 15.0 Å². The molecule has 2 aromatic rings. The van der Waals surface area contributed by atoms with Gasteiger partial charge in [0.2, 0.25) is 0 Å². The molecule has 21 heavy (non-hydrogen) atoms. The maximum absolute atomic E-state index is 13.7. The molecule has 0 radical (unpaired) electrons. The maximum atomic E-state index is 13.7. The zero-order valence-corrected chi connectivity index (χ0v) is 15.3. The van der Waals surface area contributed by atoms with E-state index in [1.54, 1.807) is 0 Å². The third-order valence-corrected chi connectivity index (χ3v) is 4.39. The second-order valence-electron chi connectivity index (χ2n) is 4.26. The third kappa shape index (κ3) is 4.03. The van der Waals surface area contributed by atoms with Gasteiger partial charge in [0.15, 0.2) is 11.6 Å². The number of halogens is 5. The fourth-order valence-corrected chi connectivity index (χ4v) is 4.22. The fraction of sp³-hybridized carbons (Fsp3) is 0.143. The van der Waals surface area contributed by atoms with Crippen LogP contribution in [0.25, 0.3) is 0 Å². The lowest BCUT2D eigenvalue weighted by molar-refractivity contribution is 0.283. The minimum absolute atomic E-state index is 0.0131. The van der Waals surface area contributed by atoms with Crippen LogP contribution in [0, 0.1) is 11.6 Å². The van der Waals surface area contributed by atoms with Gasteiger partial charge in [-0.15, -0.1) is 0 Å². The number of hydrogen-bond acceptors (Lipinski definition) is 2. The van der Waals surface area contributed by atoms with Gasteiger partial charge in [0, 0.05) is 10.0 Å². The van der Waals surface area contributed by atoms with Crippen LogP contribution in [0.5, 0.6) is 5.75 Å². The third-order valence-electron chi connectivity index (χ3n) is 2.75. The molecule has 0 amide bonds. The van der Waals surface area contributed by atoms with Gasteiger partial charge in [-0.25, -0.2) is 8.78 Å². The van der Waals surface area contributed by atoms with Crippen LogP contribution in [0.15, 0.2) is 43.7 Å². The molecule has 7 heteroatoms. The molecule has 0 heterocycles. The average Bonchev–Trinajstić information content (AvgIpc) is 2.40. The van der Waals surface area contributed by atoms with Gasteiger partial charge < -0.3 is 10.5 Å². The summed E-state index contributed by atoms with van der Waals surface area (Å²) in [5.41, 5.74) is 5.95. The van der Waals surface area contributed by atoms with Gasteiger partial charge in [0.1, 0.15) is 12.4 Å². The molecular formula is C14H10Br3F2NO. The first-order valence-corrected chi connectivity index (χ1v) is 8.25. The number of benzene rings is 2. The predicted molar refractivity (Wildman–Crippen MR) is 88.3 cm³/mol. The van der Waals surface area contributed by atoms with Gasteiger partial charge in [-0.05, 0) is 50.1 Å². The Balaban J connectivity index is 2.15. The first-order valence-electron chi connectivity index (χ1n) is 5.87. The molecular weight excluding hydrogens is 476 g/mol. The number of nitrogens with two attached hydrogens (primary N) is 1. The van der Waals surface area contributed by atoms with Crippen LogP contribution >= 0.6 is 47.8 Å². The van der Waals surface area contributed by atoms with E-state index in [0.717, 1.165) is 19.5 Å². The highest BCUT2D eigenvalue weighted by Gasteiger charge is 2.17. The monoisotopic (exact) mass is 483 g/mol. The van der Waals surface area contributed by atoms with E-state index in [9.17, 15) is 8.78 Å². The Morgan fingerprint density at radius 2 is 1.71 bits per heavy atom. The Morgan fingerprint density at radius 1 is 1.10 bits per heavy atom. The van der Waals surface area contributed by atoms with Gasteiger partial charge >= 0.3 is 0 Å². The smallest absolute Gasteiger partial charge is 0.163 e. The molecule has 0 fully saturated rings. The van der Waals surface area contributed by atoms with Crippen molar-refractivity contribution in [3.05, 3.63) is 60.9 Å². The summed E-state index contributed by atoms with van der Waals surface area (Å²) in [6.45, 7) is 0.0131. The first-order chi connectivity index (χ1) is 9.90. The van der Waals surface area contributed by atoms with Crippen LogP contribution in [-0.2, 0) is 0 Å². The molecule has 112 valence electrons. The number of hydrogen-bond donors (Lipinski definition) is 1. The second-order valence-corrected chi connectivity index (χ2v) is 6.88. The predicted octanol–water partition coefficient (Wildman–Crippen LogP) is 5.33. The Hall–Kier alpha value is -0.500. The summed E-state index contributed by atoms with van der Waals surface area (Å²) < 4.78 is 34.7. The lowest BCUT2D eigenvalue weighted by atomic mass is 10.1. The van der Waals surface area contributed by atoms with Crippen molar-refractivity contribution in [1.82, 2.24) is 0 Å². The Labute approximate surface area is 146 Å². The van der Waals surface area contributed by atoms with E-state index in [4.69, 9.17) is 10.5 Å². The number of ether oxygens (including phenoxy) is 1. The topological polar surface area (TPSA) is 35.2 Å². The van der Waals surface area contributed by atoms with E-state index in [0.29, 0.717) is 5.75 Å². The summed E-state index contributed by atoms with van der Waals surface area (Å²) >= 11 is 10.1. The van der Waals surface area contributed by atoms with E-state index < -0.39 is 17.7 Å². The molecule has 1 atom stereocenters. The summed E-state index contributed by atoms with van der Waals surface area (Å²) in [6.07, 6.45) is 0.